The lowest BCUT2D eigenvalue weighted by Gasteiger charge is -2.22. The zero-order valence-electron chi connectivity index (χ0n) is 29.6. The fourth-order valence-corrected chi connectivity index (χ4v) is 6.67. The molecule has 1 atom stereocenters. The quantitative estimate of drug-likeness (QED) is 0.0546. The summed E-state index contributed by atoms with van der Waals surface area (Å²) in [6.45, 7) is 11.3. The Hall–Kier alpha value is 0.0700. The van der Waals surface area contributed by atoms with Crippen LogP contribution in [0.5, 0.6) is 0 Å². The SMILES string of the molecule is CCCCCCCCCCCOP(=O)(O)OCCCCCCCCN(CCCCCCCCC)CCCCCCCCC. The van der Waals surface area contributed by atoms with Crippen LogP contribution >= 0.6 is 7.82 Å². The Balaban J connectivity index is 3.83. The van der Waals surface area contributed by atoms with Crippen LogP contribution < -0.4 is 0 Å². The summed E-state index contributed by atoms with van der Waals surface area (Å²) < 4.78 is 22.5. The van der Waals surface area contributed by atoms with Gasteiger partial charge in [0.25, 0.3) is 0 Å². The maximum absolute atomic E-state index is 12.1. The van der Waals surface area contributed by atoms with E-state index in [0.717, 1.165) is 25.7 Å². The standard InChI is InChI=1S/C37H78NO4P/c1-4-7-10-13-16-17-21-26-31-36-41-43(39,40)42-37-32-27-22-20-25-30-35-38(33-28-23-18-14-11-8-5-2)34-29-24-19-15-12-9-6-3/h4-37H2,1-3H3,(H,39,40). The zero-order valence-corrected chi connectivity index (χ0v) is 30.5. The van der Waals surface area contributed by atoms with Crippen molar-refractivity contribution >= 4 is 7.82 Å². The first-order valence-corrected chi connectivity index (χ1v) is 20.9. The molecule has 0 heterocycles. The molecule has 0 aliphatic rings. The van der Waals surface area contributed by atoms with E-state index in [1.54, 1.807) is 0 Å². The van der Waals surface area contributed by atoms with Crippen LogP contribution in [0.3, 0.4) is 0 Å². The van der Waals surface area contributed by atoms with Gasteiger partial charge in [0.05, 0.1) is 13.2 Å². The molecule has 0 radical (unpaired) electrons. The topological polar surface area (TPSA) is 59.0 Å². The molecule has 0 spiro atoms. The van der Waals surface area contributed by atoms with Crippen molar-refractivity contribution in [2.24, 2.45) is 0 Å². The van der Waals surface area contributed by atoms with Gasteiger partial charge in [0.2, 0.25) is 0 Å². The average Bonchev–Trinajstić information content (AvgIpc) is 2.99. The third kappa shape index (κ3) is 34.8. The van der Waals surface area contributed by atoms with Gasteiger partial charge in [-0.25, -0.2) is 4.57 Å². The van der Waals surface area contributed by atoms with Gasteiger partial charge in [-0.3, -0.25) is 9.05 Å². The van der Waals surface area contributed by atoms with Crippen molar-refractivity contribution < 1.29 is 18.5 Å². The van der Waals surface area contributed by atoms with E-state index in [2.05, 4.69) is 25.7 Å². The summed E-state index contributed by atoms with van der Waals surface area (Å²) in [5.74, 6) is 0. The van der Waals surface area contributed by atoms with Crippen molar-refractivity contribution in [2.45, 2.75) is 207 Å². The van der Waals surface area contributed by atoms with Crippen LogP contribution in [0.4, 0.5) is 0 Å². The zero-order chi connectivity index (χ0) is 31.5. The molecule has 6 heteroatoms. The van der Waals surface area contributed by atoms with Crippen molar-refractivity contribution in [1.82, 2.24) is 4.90 Å². The van der Waals surface area contributed by atoms with Crippen molar-refractivity contribution in [3.05, 3.63) is 0 Å². The van der Waals surface area contributed by atoms with Crippen LogP contribution in [0.15, 0.2) is 0 Å². The van der Waals surface area contributed by atoms with E-state index >= 15 is 0 Å². The monoisotopic (exact) mass is 632 g/mol. The van der Waals surface area contributed by atoms with Gasteiger partial charge in [-0.1, -0.05) is 175 Å². The Bertz CT molecular complexity index is 559. The summed E-state index contributed by atoms with van der Waals surface area (Å²) in [4.78, 5) is 12.7. The molecule has 43 heavy (non-hydrogen) atoms. The average molecular weight is 632 g/mol. The summed E-state index contributed by atoms with van der Waals surface area (Å²) in [7, 11) is -3.89. The van der Waals surface area contributed by atoms with E-state index in [-0.39, 0.29) is 0 Å². The molecule has 1 unspecified atom stereocenters. The third-order valence-corrected chi connectivity index (χ3v) is 9.80. The number of hydrogen-bond acceptors (Lipinski definition) is 4. The number of phosphoric acid groups is 1. The molecule has 0 fully saturated rings. The normalized spacial score (nSPS) is 13.2. The van der Waals surface area contributed by atoms with Gasteiger partial charge in [-0.15, -0.1) is 0 Å². The number of phosphoric ester groups is 1. The molecule has 0 bridgehead atoms. The van der Waals surface area contributed by atoms with E-state index in [0.29, 0.717) is 13.2 Å². The summed E-state index contributed by atoms with van der Waals surface area (Å²) >= 11 is 0. The minimum atomic E-state index is -3.89. The minimum Gasteiger partial charge on any atom is -0.303 e. The molecule has 0 aromatic carbocycles. The minimum absolute atomic E-state index is 0.316. The van der Waals surface area contributed by atoms with Gasteiger partial charge in [0, 0.05) is 0 Å². The van der Waals surface area contributed by atoms with Crippen molar-refractivity contribution in [3.8, 4) is 0 Å². The van der Waals surface area contributed by atoms with Crippen molar-refractivity contribution in [2.75, 3.05) is 32.8 Å². The van der Waals surface area contributed by atoms with Crippen LogP contribution in [0, 0.1) is 0 Å². The highest BCUT2D eigenvalue weighted by atomic mass is 31.2. The molecule has 0 saturated carbocycles. The highest BCUT2D eigenvalue weighted by Crippen LogP contribution is 2.43. The van der Waals surface area contributed by atoms with E-state index < -0.39 is 7.82 Å². The Labute approximate surface area is 270 Å². The molecule has 5 nitrogen and oxygen atoms in total. The molecule has 1 N–H and O–H groups in total. The van der Waals surface area contributed by atoms with Gasteiger partial charge in [-0.05, 0) is 51.7 Å². The largest absolute Gasteiger partial charge is 0.472 e. The number of unbranched alkanes of at least 4 members (excludes halogenated alkanes) is 25. The molecule has 260 valence electrons. The van der Waals surface area contributed by atoms with Crippen LogP contribution in [-0.4, -0.2) is 42.6 Å². The van der Waals surface area contributed by atoms with Crippen LogP contribution in [-0.2, 0) is 13.6 Å². The fraction of sp³-hybridized carbons (Fsp3) is 1.00. The molecule has 0 aliphatic heterocycles. The lowest BCUT2D eigenvalue weighted by Crippen LogP contribution is -2.27. The molecular weight excluding hydrogens is 553 g/mol. The van der Waals surface area contributed by atoms with Gasteiger partial charge in [0.15, 0.2) is 0 Å². The highest BCUT2D eigenvalue weighted by molar-refractivity contribution is 7.47. The van der Waals surface area contributed by atoms with Crippen LogP contribution in [0.25, 0.3) is 0 Å². The first-order chi connectivity index (χ1) is 21.1. The molecule has 0 amide bonds. The van der Waals surface area contributed by atoms with Gasteiger partial charge in [0.1, 0.15) is 0 Å². The lowest BCUT2D eigenvalue weighted by molar-refractivity contribution is 0.145. The maximum atomic E-state index is 12.1. The predicted molar refractivity (Wildman–Crippen MR) is 189 cm³/mol. The number of rotatable bonds is 37. The van der Waals surface area contributed by atoms with Gasteiger partial charge in [-0.2, -0.15) is 0 Å². The van der Waals surface area contributed by atoms with E-state index in [1.807, 2.05) is 0 Å². The maximum Gasteiger partial charge on any atom is 0.472 e. The summed E-state index contributed by atoms with van der Waals surface area (Å²) in [6.07, 6.45) is 37.3. The summed E-state index contributed by atoms with van der Waals surface area (Å²) in [5, 5.41) is 0. The Morgan fingerprint density at radius 2 is 0.628 bits per heavy atom. The Morgan fingerprint density at radius 1 is 0.395 bits per heavy atom. The fourth-order valence-electron chi connectivity index (χ4n) is 5.87. The second kappa shape index (κ2) is 34.9. The lowest BCUT2D eigenvalue weighted by atomic mass is 10.1. The van der Waals surface area contributed by atoms with E-state index in [9.17, 15) is 9.46 Å². The van der Waals surface area contributed by atoms with Gasteiger partial charge < -0.3 is 9.79 Å². The van der Waals surface area contributed by atoms with Crippen molar-refractivity contribution in [1.29, 1.82) is 0 Å². The van der Waals surface area contributed by atoms with E-state index in [4.69, 9.17) is 9.05 Å². The van der Waals surface area contributed by atoms with Crippen LogP contribution in [0.1, 0.15) is 207 Å². The van der Waals surface area contributed by atoms with Gasteiger partial charge >= 0.3 is 7.82 Å². The highest BCUT2D eigenvalue weighted by Gasteiger charge is 2.19. The predicted octanol–water partition coefficient (Wildman–Crippen LogP) is 12.8. The summed E-state index contributed by atoms with van der Waals surface area (Å²) in [6, 6.07) is 0. The van der Waals surface area contributed by atoms with Crippen LogP contribution in [0.2, 0.25) is 0 Å². The second-order valence-corrected chi connectivity index (χ2v) is 14.6. The Morgan fingerprint density at radius 3 is 0.907 bits per heavy atom. The number of nitrogens with zero attached hydrogens (tertiary/aromatic N) is 1. The smallest absolute Gasteiger partial charge is 0.303 e. The summed E-state index contributed by atoms with van der Waals surface area (Å²) in [5.41, 5.74) is 0. The third-order valence-electron chi connectivity index (χ3n) is 8.78. The molecule has 0 aromatic heterocycles. The molecule has 0 saturated heterocycles. The molecule has 0 aliphatic carbocycles. The first-order valence-electron chi connectivity index (χ1n) is 19.4. The number of hydrogen-bond donors (Lipinski definition) is 1. The second-order valence-electron chi connectivity index (χ2n) is 13.2. The molecule has 0 aromatic rings. The molecule has 0 rings (SSSR count). The van der Waals surface area contributed by atoms with E-state index in [1.165, 1.54) is 180 Å². The molecular formula is C37H78NO4P. The Kier molecular flexibility index (Phi) is 35.0. The van der Waals surface area contributed by atoms with Crippen molar-refractivity contribution in [3.63, 3.8) is 0 Å². The first kappa shape index (κ1) is 43.1.